The maximum Gasteiger partial charge on any atom is 0.161 e. The van der Waals surface area contributed by atoms with E-state index in [1.54, 1.807) is 19.5 Å². The van der Waals surface area contributed by atoms with Crippen molar-refractivity contribution in [3.8, 4) is 28.7 Å². The number of fused-ring (bicyclic) bond motifs is 1. The van der Waals surface area contributed by atoms with Crippen molar-refractivity contribution in [2.24, 2.45) is 0 Å². The van der Waals surface area contributed by atoms with Crippen LogP contribution < -0.4 is 20.1 Å². The number of pyridine rings is 1. The summed E-state index contributed by atoms with van der Waals surface area (Å²) in [5.74, 6) is 1.29. The van der Waals surface area contributed by atoms with Crippen LogP contribution >= 0.6 is 0 Å². The van der Waals surface area contributed by atoms with Crippen LogP contribution in [0.15, 0.2) is 91.4 Å². The first-order chi connectivity index (χ1) is 19.2. The molecule has 0 atom stereocenters. The molecule has 0 aliphatic heterocycles. The van der Waals surface area contributed by atoms with Crippen molar-refractivity contribution in [3.05, 3.63) is 103 Å². The summed E-state index contributed by atoms with van der Waals surface area (Å²) >= 11 is 0. The van der Waals surface area contributed by atoms with E-state index in [1.807, 2.05) is 54.7 Å². The fraction of sp³-hybridized carbons (Fsp3) is 0.188. The molecule has 2 heterocycles. The molecule has 39 heavy (non-hydrogen) atoms. The maximum atomic E-state index is 9.83. The zero-order chi connectivity index (χ0) is 26.9. The van der Waals surface area contributed by atoms with Crippen LogP contribution in [0.1, 0.15) is 17.5 Å². The number of nitriles is 1. The highest BCUT2D eigenvalue weighted by Crippen LogP contribution is 2.37. The van der Waals surface area contributed by atoms with Crippen molar-refractivity contribution in [2.45, 2.75) is 12.8 Å². The van der Waals surface area contributed by atoms with E-state index in [1.165, 1.54) is 5.56 Å². The number of nitrogens with one attached hydrogen (secondary N) is 3. The Balaban J connectivity index is 1.28. The third-order valence-electron chi connectivity index (χ3n) is 6.56. The highest BCUT2D eigenvalue weighted by atomic mass is 16.5. The molecule has 0 amide bonds. The summed E-state index contributed by atoms with van der Waals surface area (Å²) in [6.07, 6.45) is 7.36. The van der Waals surface area contributed by atoms with Gasteiger partial charge in [0.15, 0.2) is 11.5 Å². The van der Waals surface area contributed by atoms with Crippen molar-refractivity contribution in [2.75, 3.05) is 32.1 Å². The topological polar surface area (TPSA) is 95.0 Å². The molecule has 0 fully saturated rings. The second kappa shape index (κ2) is 12.6. The van der Waals surface area contributed by atoms with Crippen LogP contribution in [0, 0.1) is 11.3 Å². The van der Waals surface area contributed by atoms with Crippen LogP contribution in [0.4, 0.5) is 11.4 Å². The predicted octanol–water partition coefficient (Wildman–Crippen LogP) is 6.45. The van der Waals surface area contributed by atoms with Crippen LogP contribution in [-0.4, -0.2) is 36.8 Å². The smallest absolute Gasteiger partial charge is 0.161 e. The summed E-state index contributed by atoms with van der Waals surface area (Å²) in [7, 11) is 1.63. The molecule has 196 valence electrons. The third kappa shape index (κ3) is 6.38. The van der Waals surface area contributed by atoms with E-state index in [2.05, 4.69) is 50.9 Å². The minimum absolute atomic E-state index is 0.458. The molecule has 0 spiro atoms. The number of H-pyrrole nitrogens is 1. The van der Waals surface area contributed by atoms with Crippen molar-refractivity contribution in [1.29, 1.82) is 5.26 Å². The molecule has 0 unspecified atom stereocenters. The first kappa shape index (κ1) is 25.8. The molecule has 0 saturated carbocycles. The van der Waals surface area contributed by atoms with Gasteiger partial charge < -0.3 is 25.1 Å². The van der Waals surface area contributed by atoms with Gasteiger partial charge in [-0.3, -0.25) is 4.98 Å². The molecule has 3 N–H and O–H groups in total. The number of benzene rings is 3. The standard InChI is InChI=1S/C32H31N5O2/c1-38-30-12-9-24(19-31(30)39-17-16-34-14-5-8-23-6-3-2-4-7-23)28-22-35-21-26(20-33)32(28)37-27-10-11-29-25(18-27)13-15-36-29/h2-4,6-7,9-13,15,18-19,21-22,34,36H,5,8,14,16-17H2,1H3,(H,35,37). The SMILES string of the molecule is COc1ccc(-c2cncc(C#N)c2Nc2ccc3[nH]ccc3c2)cc1OCCNCCCc1ccccc1. The second-order valence-corrected chi connectivity index (χ2v) is 9.18. The van der Waals surface area contributed by atoms with Gasteiger partial charge in [-0.25, -0.2) is 0 Å². The lowest BCUT2D eigenvalue weighted by atomic mass is 10.0. The molecule has 0 radical (unpaired) electrons. The number of hydrogen-bond acceptors (Lipinski definition) is 6. The van der Waals surface area contributed by atoms with Gasteiger partial charge in [0.2, 0.25) is 0 Å². The molecule has 0 aliphatic rings. The summed E-state index contributed by atoms with van der Waals surface area (Å²) in [5.41, 5.74) is 6.11. The van der Waals surface area contributed by atoms with Crippen molar-refractivity contribution in [1.82, 2.24) is 15.3 Å². The van der Waals surface area contributed by atoms with Crippen LogP contribution in [0.25, 0.3) is 22.0 Å². The van der Waals surface area contributed by atoms with Gasteiger partial charge >= 0.3 is 0 Å². The van der Waals surface area contributed by atoms with Gasteiger partial charge in [0.25, 0.3) is 0 Å². The number of hydrogen-bond donors (Lipinski definition) is 3. The lowest BCUT2D eigenvalue weighted by molar-refractivity contribution is 0.292. The Bertz CT molecular complexity index is 1570. The molecule has 7 nitrogen and oxygen atoms in total. The van der Waals surface area contributed by atoms with E-state index in [0.29, 0.717) is 29.4 Å². The zero-order valence-electron chi connectivity index (χ0n) is 21.9. The molecule has 0 aliphatic carbocycles. The predicted molar refractivity (Wildman–Crippen MR) is 156 cm³/mol. The van der Waals surface area contributed by atoms with Crippen molar-refractivity contribution >= 4 is 22.3 Å². The number of ether oxygens (including phenoxy) is 2. The number of nitrogens with zero attached hydrogens (tertiary/aromatic N) is 2. The monoisotopic (exact) mass is 517 g/mol. The third-order valence-corrected chi connectivity index (χ3v) is 6.56. The minimum Gasteiger partial charge on any atom is -0.493 e. The van der Waals surface area contributed by atoms with Gasteiger partial charge in [-0.05, 0) is 66.9 Å². The maximum absolute atomic E-state index is 9.83. The summed E-state index contributed by atoms with van der Waals surface area (Å²) in [6.45, 7) is 2.15. The molecule has 5 rings (SSSR count). The number of aryl methyl sites for hydroxylation is 1. The number of rotatable bonds is 12. The highest BCUT2D eigenvalue weighted by molar-refractivity contribution is 5.88. The Labute approximate surface area is 228 Å². The Morgan fingerprint density at radius 3 is 2.69 bits per heavy atom. The van der Waals surface area contributed by atoms with Gasteiger partial charge in [0.05, 0.1) is 18.4 Å². The average Bonchev–Trinajstić information content (AvgIpc) is 3.45. The summed E-state index contributed by atoms with van der Waals surface area (Å²) in [4.78, 5) is 7.53. The summed E-state index contributed by atoms with van der Waals surface area (Å²) in [6, 6.07) is 26.6. The minimum atomic E-state index is 0.458. The van der Waals surface area contributed by atoms with E-state index in [4.69, 9.17) is 9.47 Å². The van der Waals surface area contributed by atoms with Gasteiger partial charge in [0, 0.05) is 47.3 Å². The van der Waals surface area contributed by atoms with Gasteiger partial charge in [-0.15, -0.1) is 0 Å². The summed E-state index contributed by atoms with van der Waals surface area (Å²) in [5, 5.41) is 17.8. The Morgan fingerprint density at radius 2 is 1.85 bits per heavy atom. The number of aromatic amines is 1. The molecular formula is C32H31N5O2. The van der Waals surface area contributed by atoms with Gasteiger partial charge in [0.1, 0.15) is 12.7 Å². The summed E-state index contributed by atoms with van der Waals surface area (Å²) < 4.78 is 11.7. The largest absolute Gasteiger partial charge is 0.493 e. The fourth-order valence-electron chi connectivity index (χ4n) is 4.55. The van der Waals surface area contributed by atoms with Gasteiger partial charge in [-0.2, -0.15) is 5.26 Å². The van der Waals surface area contributed by atoms with Crippen LogP contribution in [0.2, 0.25) is 0 Å². The second-order valence-electron chi connectivity index (χ2n) is 9.18. The number of anilines is 2. The van der Waals surface area contributed by atoms with Crippen LogP contribution in [-0.2, 0) is 6.42 Å². The lowest BCUT2D eigenvalue weighted by Gasteiger charge is -2.16. The number of aromatic nitrogens is 2. The van der Waals surface area contributed by atoms with Gasteiger partial charge in [-0.1, -0.05) is 36.4 Å². The first-order valence-corrected chi connectivity index (χ1v) is 13.0. The van der Waals surface area contributed by atoms with Crippen LogP contribution in [0.5, 0.6) is 11.5 Å². The molecule has 0 bridgehead atoms. The molecule has 7 heteroatoms. The lowest BCUT2D eigenvalue weighted by Crippen LogP contribution is -2.22. The molecule has 3 aromatic carbocycles. The van der Waals surface area contributed by atoms with E-state index in [-0.39, 0.29) is 0 Å². The normalized spacial score (nSPS) is 10.8. The number of methoxy groups -OCH3 is 1. The Kier molecular flexibility index (Phi) is 8.37. The van der Waals surface area contributed by atoms with E-state index >= 15 is 0 Å². The van der Waals surface area contributed by atoms with E-state index < -0.39 is 0 Å². The first-order valence-electron chi connectivity index (χ1n) is 13.0. The fourth-order valence-corrected chi connectivity index (χ4v) is 4.55. The van der Waals surface area contributed by atoms with Crippen LogP contribution in [0.3, 0.4) is 0 Å². The van der Waals surface area contributed by atoms with Crippen molar-refractivity contribution in [3.63, 3.8) is 0 Å². The average molecular weight is 518 g/mol. The van der Waals surface area contributed by atoms with Crippen molar-refractivity contribution < 1.29 is 9.47 Å². The van der Waals surface area contributed by atoms with E-state index in [9.17, 15) is 5.26 Å². The molecule has 0 saturated heterocycles. The zero-order valence-corrected chi connectivity index (χ0v) is 21.9. The van der Waals surface area contributed by atoms with E-state index in [0.717, 1.165) is 53.6 Å². The Hall–Kier alpha value is -4.80. The molecular weight excluding hydrogens is 486 g/mol. The molecule has 2 aromatic heterocycles. The quantitative estimate of drug-likeness (QED) is 0.165. The Morgan fingerprint density at radius 1 is 0.949 bits per heavy atom. The molecule has 5 aromatic rings. The highest BCUT2D eigenvalue weighted by Gasteiger charge is 2.15.